The molecule has 0 heterocycles. The summed E-state index contributed by atoms with van der Waals surface area (Å²) in [6.07, 6.45) is -15.3. The van der Waals surface area contributed by atoms with E-state index >= 15 is 0 Å². The number of hydrogen-bond acceptors (Lipinski definition) is 5. The smallest absolute Gasteiger partial charge is 0.461 e. The summed E-state index contributed by atoms with van der Waals surface area (Å²) in [4.78, 5) is 22.3. The summed E-state index contributed by atoms with van der Waals surface area (Å²) in [6, 6.07) is 0.142. The molecule has 0 aromatic rings. The highest BCUT2D eigenvalue weighted by atomic mass is 28.4. The molecule has 2 atom stereocenters. The summed E-state index contributed by atoms with van der Waals surface area (Å²) < 4.78 is 86.9. The van der Waals surface area contributed by atoms with Crippen molar-refractivity contribution in [3.05, 3.63) is 0 Å². The van der Waals surface area contributed by atoms with Crippen LogP contribution in [-0.2, 0) is 23.2 Å². The molecule has 0 fully saturated rings. The third kappa shape index (κ3) is 7.68. The first-order valence-electron chi connectivity index (χ1n) is 6.37. The summed E-state index contributed by atoms with van der Waals surface area (Å²) in [5.74, 6) is -2.25. The number of carbonyl (C=O) groups is 2. The van der Waals surface area contributed by atoms with Crippen LogP contribution in [0.15, 0.2) is 0 Å². The molecule has 5 nitrogen and oxygen atoms in total. The Morgan fingerprint density at radius 3 is 2.04 bits per heavy atom. The molecule has 0 aliphatic carbocycles. The highest BCUT2D eigenvalue weighted by molar-refractivity contribution is 6.69. The van der Waals surface area contributed by atoms with E-state index < -0.39 is 45.6 Å². The minimum Gasteiger partial charge on any atom is -0.485 e. The van der Waals surface area contributed by atoms with Crippen LogP contribution in [-0.4, -0.2) is 45.6 Å². The van der Waals surface area contributed by atoms with Gasteiger partial charge in [-0.05, 0) is 0 Å². The lowest BCUT2D eigenvalue weighted by molar-refractivity contribution is -0.334. The first kappa shape index (κ1) is 21.7. The van der Waals surface area contributed by atoms with Gasteiger partial charge in [0.2, 0.25) is 0 Å². The Balaban J connectivity index is 4.73. The normalized spacial score (nSPS) is 16.4. The van der Waals surface area contributed by atoms with E-state index in [-0.39, 0.29) is 6.04 Å². The molecule has 0 aliphatic rings. The van der Waals surface area contributed by atoms with Gasteiger partial charge < -0.3 is 13.6 Å². The van der Waals surface area contributed by atoms with Crippen LogP contribution >= 0.6 is 0 Å². The number of carbonyl (C=O) groups excluding carboxylic acids is 2. The van der Waals surface area contributed by atoms with Crippen molar-refractivity contribution in [1.82, 2.24) is 0 Å². The maximum absolute atomic E-state index is 12.9. The van der Waals surface area contributed by atoms with Gasteiger partial charge in [-0.25, -0.2) is 4.39 Å². The van der Waals surface area contributed by atoms with E-state index in [0.717, 1.165) is 6.92 Å². The van der Waals surface area contributed by atoms with Gasteiger partial charge in [-0.1, -0.05) is 13.3 Å². The molecule has 0 N–H and O–H groups in total. The molecule has 0 aromatic carbocycles. The largest absolute Gasteiger partial charge is 0.485 e. The quantitative estimate of drug-likeness (QED) is 0.485. The predicted octanol–water partition coefficient (Wildman–Crippen LogP) is 3.08. The summed E-state index contributed by atoms with van der Waals surface area (Å²) in [6.45, 7) is 2.37. The van der Waals surface area contributed by atoms with Crippen LogP contribution in [0.25, 0.3) is 0 Å². The third-order valence-corrected chi connectivity index (χ3v) is 5.15. The Hall–Kier alpha value is -1.30. The van der Waals surface area contributed by atoms with Crippen molar-refractivity contribution in [3.8, 4) is 0 Å². The average molecular weight is 370 g/mol. The molecule has 2 unspecified atom stereocenters. The van der Waals surface area contributed by atoms with Gasteiger partial charge >= 0.3 is 26.8 Å². The van der Waals surface area contributed by atoms with Gasteiger partial charge in [-0.3, -0.25) is 9.59 Å². The van der Waals surface area contributed by atoms with Gasteiger partial charge in [-0.2, -0.15) is 22.0 Å². The van der Waals surface area contributed by atoms with Crippen molar-refractivity contribution in [2.24, 2.45) is 0 Å². The second-order valence-corrected chi connectivity index (χ2v) is 7.88. The monoisotopic (exact) mass is 370 g/mol. The third-order valence-electron chi connectivity index (χ3n) is 2.36. The van der Waals surface area contributed by atoms with Crippen molar-refractivity contribution in [2.75, 3.05) is 6.61 Å². The molecule has 0 saturated heterocycles. The summed E-state index contributed by atoms with van der Waals surface area (Å²) in [5, 5.41) is 0. The molecule has 0 radical (unpaired) electrons. The van der Waals surface area contributed by atoms with Crippen molar-refractivity contribution in [3.63, 3.8) is 0 Å². The fourth-order valence-electron chi connectivity index (χ4n) is 1.57. The lowest BCUT2D eigenvalue weighted by atomic mass is 10.3. The van der Waals surface area contributed by atoms with Crippen LogP contribution in [0.2, 0.25) is 12.6 Å². The Labute approximate surface area is 129 Å². The molecule has 23 heavy (non-hydrogen) atoms. The van der Waals surface area contributed by atoms with Crippen molar-refractivity contribution in [1.29, 1.82) is 0 Å². The summed E-state index contributed by atoms with van der Waals surface area (Å²) in [7, 11) is -3.38. The van der Waals surface area contributed by atoms with Gasteiger partial charge in [0.25, 0.3) is 12.1 Å². The zero-order valence-electron chi connectivity index (χ0n) is 12.5. The van der Waals surface area contributed by atoms with Gasteiger partial charge in [0, 0.05) is 19.5 Å². The zero-order valence-corrected chi connectivity index (χ0v) is 13.5. The molecular weight excluding hydrogens is 354 g/mol. The van der Waals surface area contributed by atoms with E-state index in [1.165, 1.54) is 6.55 Å². The van der Waals surface area contributed by atoms with E-state index in [9.17, 15) is 35.9 Å². The van der Waals surface area contributed by atoms with Crippen LogP contribution in [0, 0.1) is 0 Å². The minimum absolute atomic E-state index is 0.142. The number of ether oxygens (including phenoxy) is 1. The number of rotatable bonds is 8. The molecule has 0 amide bonds. The fourth-order valence-corrected chi connectivity index (χ4v) is 3.87. The molecule has 0 saturated carbocycles. The van der Waals surface area contributed by atoms with Crippen molar-refractivity contribution < 1.29 is 49.5 Å². The SMILES string of the molecule is CCC[Si](C)(OC(C)=O)OC(=O)COC(F)(F)C(F)C(F)(F)F. The van der Waals surface area contributed by atoms with E-state index in [4.69, 9.17) is 8.85 Å². The number of alkyl halides is 6. The molecule has 0 bridgehead atoms. The lowest BCUT2D eigenvalue weighted by Gasteiger charge is -2.26. The maximum Gasteiger partial charge on any atom is 0.461 e. The van der Waals surface area contributed by atoms with Crippen LogP contribution in [0.3, 0.4) is 0 Å². The average Bonchev–Trinajstić information content (AvgIpc) is 2.33. The lowest BCUT2D eigenvalue weighted by Crippen LogP contribution is -2.46. The Morgan fingerprint density at radius 2 is 1.65 bits per heavy atom. The summed E-state index contributed by atoms with van der Waals surface area (Å²) in [5.41, 5.74) is 0. The van der Waals surface area contributed by atoms with Gasteiger partial charge in [0.05, 0.1) is 0 Å². The van der Waals surface area contributed by atoms with Gasteiger partial charge in [0.15, 0.2) is 0 Å². The second kappa shape index (κ2) is 7.99. The first-order chi connectivity index (χ1) is 10.2. The first-order valence-corrected chi connectivity index (χ1v) is 8.90. The maximum atomic E-state index is 12.9. The Kier molecular flexibility index (Phi) is 7.54. The number of hydrogen-bond donors (Lipinski definition) is 0. The van der Waals surface area contributed by atoms with Gasteiger partial charge in [-0.15, -0.1) is 0 Å². The predicted molar refractivity (Wildman–Crippen MR) is 66.4 cm³/mol. The van der Waals surface area contributed by atoms with Crippen LogP contribution in [0.1, 0.15) is 20.3 Å². The summed E-state index contributed by atoms with van der Waals surface area (Å²) >= 11 is 0. The Bertz CT molecular complexity index is 430. The highest BCUT2D eigenvalue weighted by Crippen LogP contribution is 2.35. The van der Waals surface area contributed by atoms with E-state index in [0.29, 0.717) is 6.42 Å². The van der Waals surface area contributed by atoms with Gasteiger partial charge in [0.1, 0.15) is 6.61 Å². The highest BCUT2D eigenvalue weighted by Gasteiger charge is 2.58. The number of halogens is 6. The molecule has 0 aliphatic heterocycles. The van der Waals surface area contributed by atoms with E-state index in [2.05, 4.69) is 4.74 Å². The fraction of sp³-hybridized carbons (Fsp3) is 0.818. The van der Waals surface area contributed by atoms with E-state index in [1.807, 2.05) is 0 Å². The molecule has 12 heteroatoms. The van der Waals surface area contributed by atoms with Crippen molar-refractivity contribution >= 4 is 20.5 Å². The van der Waals surface area contributed by atoms with Crippen molar-refractivity contribution in [2.45, 2.75) is 51.3 Å². The minimum atomic E-state index is -5.85. The zero-order chi connectivity index (χ0) is 18.5. The van der Waals surface area contributed by atoms with Crippen LogP contribution < -0.4 is 0 Å². The molecule has 0 rings (SSSR count). The molecule has 0 aromatic heterocycles. The molecular formula is C11H16F6O5Si. The topological polar surface area (TPSA) is 61.8 Å². The Morgan fingerprint density at radius 1 is 1.13 bits per heavy atom. The molecule has 136 valence electrons. The van der Waals surface area contributed by atoms with Crippen LogP contribution in [0.4, 0.5) is 26.3 Å². The second-order valence-electron chi connectivity index (χ2n) is 4.71. The standard InChI is InChI=1S/C11H16F6O5Si/c1-4-5-23(3,21-7(2)18)22-8(19)6-20-11(16,17)9(12)10(13,14)15/h9H,4-6H2,1-3H3. The van der Waals surface area contributed by atoms with Crippen LogP contribution in [0.5, 0.6) is 0 Å². The molecule has 0 spiro atoms. The van der Waals surface area contributed by atoms with E-state index in [1.54, 1.807) is 6.92 Å².